The van der Waals surface area contributed by atoms with Crippen LogP contribution in [0.25, 0.3) is 0 Å². The molecule has 2 heterocycles. The fraction of sp³-hybridized carbons (Fsp3) is 0.500. The number of rotatable bonds is 5. The molecular weight excluding hydrogens is 368 g/mol. The molecule has 140 valence electrons. The summed E-state index contributed by atoms with van der Waals surface area (Å²) in [6, 6.07) is 10.1. The van der Waals surface area contributed by atoms with Crippen LogP contribution in [0.1, 0.15) is 23.3 Å². The Morgan fingerprint density at radius 3 is 2.46 bits per heavy atom. The largest absolute Gasteiger partial charge is 0.345 e. The Kier molecular flexibility index (Phi) is 4.77. The zero-order valence-electron chi connectivity index (χ0n) is 15.0. The number of nitrogens with one attached hydrogen (secondary N) is 1. The molecule has 1 N–H and O–H groups in total. The average Bonchev–Trinajstić information content (AvgIpc) is 3.04. The number of anilines is 1. The molecule has 1 aromatic carbocycles. The van der Waals surface area contributed by atoms with E-state index in [4.69, 9.17) is 0 Å². The minimum absolute atomic E-state index is 0.0120. The second kappa shape index (κ2) is 6.92. The van der Waals surface area contributed by atoms with E-state index >= 15 is 0 Å². The fourth-order valence-corrected chi connectivity index (χ4v) is 5.99. The minimum atomic E-state index is -3.45. The lowest BCUT2D eigenvalue weighted by Crippen LogP contribution is -2.52. The number of thiazole rings is 1. The van der Waals surface area contributed by atoms with Crippen LogP contribution in [0.4, 0.5) is 5.13 Å². The van der Waals surface area contributed by atoms with E-state index in [2.05, 4.69) is 33.7 Å². The quantitative estimate of drug-likeness (QED) is 0.847. The lowest BCUT2D eigenvalue weighted by atomic mass is 10.1. The highest BCUT2D eigenvalue weighted by Gasteiger charge is 2.50. The third kappa shape index (κ3) is 3.51. The first-order valence-corrected chi connectivity index (χ1v) is 11.2. The number of benzene rings is 1. The van der Waals surface area contributed by atoms with Gasteiger partial charge in [-0.15, -0.1) is 11.3 Å². The molecule has 1 aliphatic carbocycles. The first-order valence-electron chi connectivity index (χ1n) is 8.95. The summed E-state index contributed by atoms with van der Waals surface area (Å²) in [6.07, 6.45) is 1.86. The predicted octanol–water partition coefficient (Wildman–Crippen LogP) is 2.21. The number of nitrogens with zero attached hydrogens (tertiary/aromatic N) is 3. The molecule has 2 fully saturated rings. The van der Waals surface area contributed by atoms with Gasteiger partial charge in [0, 0.05) is 49.2 Å². The van der Waals surface area contributed by atoms with Gasteiger partial charge in [0.05, 0.1) is 0 Å². The SMILES string of the molecule is Cc1cnc(N2CCN(S(=O)(=O)N[C@H]3[C@H](C)[C@@H]3c3ccccc3)CC2)s1. The Morgan fingerprint density at radius 2 is 1.85 bits per heavy atom. The molecule has 0 unspecified atom stereocenters. The lowest BCUT2D eigenvalue weighted by Gasteiger charge is -2.33. The molecule has 4 rings (SSSR count). The molecule has 1 saturated heterocycles. The third-order valence-corrected chi connectivity index (χ3v) is 7.90. The van der Waals surface area contributed by atoms with Gasteiger partial charge in [-0.3, -0.25) is 0 Å². The molecule has 0 spiro atoms. The maximum Gasteiger partial charge on any atom is 0.279 e. The summed E-state index contributed by atoms with van der Waals surface area (Å²) in [7, 11) is -3.45. The fourth-order valence-electron chi connectivity index (χ4n) is 3.68. The van der Waals surface area contributed by atoms with Gasteiger partial charge in [0.25, 0.3) is 10.2 Å². The van der Waals surface area contributed by atoms with Gasteiger partial charge in [-0.2, -0.15) is 17.4 Å². The average molecular weight is 393 g/mol. The predicted molar refractivity (Wildman–Crippen MR) is 105 cm³/mol. The molecule has 2 aliphatic rings. The summed E-state index contributed by atoms with van der Waals surface area (Å²) in [5.41, 5.74) is 1.21. The van der Waals surface area contributed by atoms with Gasteiger partial charge in [-0.05, 0) is 18.4 Å². The van der Waals surface area contributed by atoms with Crippen molar-refractivity contribution in [2.45, 2.75) is 25.8 Å². The van der Waals surface area contributed by atoms with Crippen molar-refractivity contribution in [3.8, 4) is 0 Å². The van der Waals surface area contributed by atoms with Gasteiger partial charge in [0.2, 0.25) is 0 Å². The Bertz CT molecular complexity index is 860. The van der Waals surface area contributed by atoms with Crippen LogP contribution in [0, 0.1) is 12.8 Å². The molecule has 6 nitrogen and oxygen atoms in total. The van der Waals surface area contributed by atoms with Gasteiger partial charge in [0.1, 0.15) is 0 Å². The van der Waals surface area contributed by atoms with Crippen LogP contribution in [0.5, 0.6) is 0 Å². The number of hydrogen-bond donors (Lipinski definition) is 1. The molecule has 0 bridgehead atoms. The maximum atomic E-state index is 12.8. The lowest BCUT2D eigenvalue weighted by molar-refractivity contribution is 0.377. The van der Waals surface area contributed by atoms with Gasteiger partial charge >= 0.3 is 0 Å². The van der Waals surface area contributed by atoms with Crippen molar-refractivity contribution in [1.29, 1.82) is 0 Å². The summed E-state index contributed by atoms with van der Waals surface area (Å²) < 4.78 is 30.1. The van der Waals surface area contributed by atoms with Crippen LogP contribution in [-0.2, 0) is 10.2 Å². The molecule has 2 aromatic rings. The summed E-state index contributed by atoms with van der Waals surface area (Å²) in [6.45, 7) is 6.47. The highest BCUT2D eigenvalue weighted by Crippen LogP contribution is 2.47. The second-order valence-electron chi connectivity index (χ2n) is 7.08. The van der Waals surface area contributed by atoms with E-state index in [0.29, 0.717) is 32.1 Å². The molecule has 8 heteroatoms. The smallest absolute Gasteiger partial charge is 0.279 e. The van der Waals surface area contributed by atoms with Crippen molar-refractivity contribution < 1.29 is 8.42 Å². The van der Waals surface area contributed by atoms with Crippen molar-refractivity contribution in [1.82, 2.24) is 14.0 Å². The van der Waals surface area contributed by atoms with E-state index in [9.17, 15) is 8.42 Å². The zero-order valence-corrected chi connectivity index (χ0v) is 16.6. The van der Waals surface area contributed by atoms with Crippen LogP contribution in [0.15, 0.2) is 36.5 Å². The van der Waals surface area contributed by atoms with E-state index in [1.54, 1.807) is 15.6 Å². The van der Waals surface area contributed by atoms with Crippen LogP contribution in [0.2, 0.25) is 0 Å². The molecule has 1 aliphatic heterocycles. The Morgan fingerprint density at radius 1 is 1.15 bits per heavy atom. The van der Waals surface area contributed by atoms with E-state index in [0.717, 1.165) is 5.13 Å². The van der Waals surface area contributed by atoms with Crippen molar-refractivity contribution in [2.24, 2.45) is 5.92 Å². The van der Waals surface area contributed by atoms with Crippen molar-refractivity contribution >= 4 is 26.7 Å². The maximum absolute atomic E-state index is 12.8. The van der Waals surface area contributed by atoms with Crippen molar-refractivity contribution in [3.05, 3.63) is 47.0 Å². The van der Waals surface area contributed by atoms with Crippen LogP contribution < -0.4 is 9.62 Å². The Hall–Kier alpha value is -1.48. The van der Waals surface area contributed by atoms with Crippen LogP contribution in [0.3, 0.4) is 0 Å². The Balaban J connectivity index is 1.36. The second-order valence-corrected chi connectivity index (χ2v) is 10.00. The van der Waals surface area contributed by atoms with Gasteiger partial charge in [-0.1, -0.05) is 37.3 Å². The summed E-state index contributed by atoms with van der Waals surface area (Å²) in [5, 5.41) is 0.979. The Labute approximate surface area is 159 Å². The molecule has 1 saturated carbocycles. The topological polar surface area (TPSA) is 65.5 Å². The number of hydrogen-bond acceptors (Lipinski definition) is 5. The standard InChI is InChI=1S/C18H24N4O2S2/c1-13-12-19-18(25-13)21-8-10-22(11-9-21)26(23,24)20-17-14(2)16(17)15-6-4-3-5-7-15/h3-7,12,14,16-17,20H,8-11H2,1-2H3/t14-,16-,17+/m1/s1. The molecule has 1 aromatic heterocycles. The van der Waals surface area contributed by atoms with E-state index in [-0.39, 0.29) is 12.0 Å². The molecule has 26 heavy (non-hydrogen) atoms. The van der Waals surface area contributed by atoms with Gasteiger partial charge in [-0.25, -0.2) is 4.98 Å². The first kappa shape index (κ1) is 17.9. The molecule has 0 radical (unpaired) electrons. The zero-order chi connectivity index (χ0) is 18.3. The van der Waals surface area contributed by atoms with Crippen LogP contribution >= 0.6 is 11.3 Å². The monoisotopic (exact) mass is 392 g/mol. The first-order chi connectivity index (χ1) is 12.5. The number of aryl methyl sites for hydroxylation is 1. The van der Waals surface area contributed by atoms with E-state index in [1.165, 1.54) is 10.4 Å². The summed E-state index contributed by atoms with van der Waals surface area (Å²) in [5.74, 6) is 0.595. The number of aromatic nitrogens is 1. The summed E-state index contributed by atoms with van der Waals surface area (Å²) in [4.78, 5) is 7.73. The van der Waals surface area contributed by atoms with Gasteiger partial charge < -0.3 is 4.90 Å². The molecule has 3 atom stereocenters. The van der Waals surface area contributed by atoms with E-state index in [1.807, 2.05) is 31.3 Å². The van der Waals surface area contributed by atoms with Gasteiger partial charge in [0.15, 0.2) is 5.13 Å². The third-order valence-electron chi connectivity index (χ3n) is 5.31. The normalized spacial score (nSPS) is 26.8. The highest BCUT2D eigenvalue weighted by atomic mass is 32.2. The van der Waals surface area contributed by atoms with Crippen molar-refractivity contribution in [2.75, 3.05) is 31.1 Å². The van der Waals surface area contributed by atoms with Crippen LogP contribution in [-0.4, -0.2) is 49.9 Å². The highest BCUT2D eigenvalue weighted by molar-refractivity contribution is 7.87. The molecular formula is C18H24N4O2S2. The minimum Gasteiger partial charge on any atom is -0.345 e. The number of piperazine rings is 1. The summed E-state index contributed by atoms with van der Waals surface area (Å²) >= 11 is 1.65. The van der Waals surface area contributed by atoms with Crippen molar-refractivity contribution in [3.63, 3.8) is 0 Å². The van der Waals surface area contributed by atoms with E-state index < -0.39 is 10.2 Å². The molecule has 0 amide bonds.